The van der Waals surface area contributed by atoms with Crippen LogP contribution >= 0.6 is 23.4 Å². The van der Waals surface area contributed by atoms with E-state index in [4.69, 9.17) is 17.4 Å². The SMILES string of the molecule is CC1(C)CCN(c2nc(NN)ncc2Cl)CCS1. The van der Waals surface area contributed by atoms with Crippen LogP contribution in [0.5, 0.6) is 0 Å². The van der Waals surface area contributed by atoms with E-state index in [1.165, 1.54) is 0 Å². The zero-order valence-corrected chi connectivity index (χ0v) is 12.2. The highest BCUT2D eigenvalue weighted by Crippen LogP contribution is 2.33. The summed E-state index contributed by atoms with van der Waals surface area (Å²) >= 11 is 8.16. The topological polar surface area (TPSA) is 67.1 Å². The third kappa shape index (κ3) is 3.18. The lowest BCUT2D eigenvalue weighted by molar-refractivity contribution is 0.635. The number of aromatic nitrogens is 2. The lowest BCUT2D eigenvalue weighted by atomic mass is 10.1. The fourth-order valence-electron chi connectivity index (χ4n) is 1.88. The first-order chi connectivity index (χ1) is 8.52. The summed E-state index contributed by atoms with van der Waals surface area (Å²) in [5.74, 6) is 7.56. The van der Waals surface area contributed by atoms with Crippen molar-refractivity contribution in [1.29, 1.82) is 0 Å². The molecule has 0 aromatic carbocycles. The number of nitrogens with one attached hydrogen (secondary N) is 1. The van der Waals surface area contributed by atoms with Gasteiger partial charge in [0.2, 0.25) is 5.95 Å². The Kier molecular flexibility index (Phi) is 4.19. The first-order valence-corrected chi connectivity index (χ1v) is 7.26. The summed E-state index contributed by atoms with van der Waals surface area (Å²) in [5, 5.41) is 0.568. The van der Waals surface area contributed by atoms with Gasteiger partial charge >= 0.3 is 0 Å². The predicted molar refractivity (Wildman–Crippen MR) is 78.2 cm³/mol. The lowest BCUT2D eigenvalue weighted by Gasteiger charge is -2.24. The van der Waals surface area contributed by atoms with E-state index in [9.17, 15) is 0 Å². The molecule has 0 unspecified atom stereocenters. The maximum Gasteiger partial charge on any atom is 0.239 e. The highest BCUT2D eigenvalue weighted by molar-refractivity contribution is 8.00. The quantitative estimate of drug-likeness (QED) is 0.642. The van der Waals surface area contributed by atoms with E-state index in [-0.39, 0.29) is 0 Å². The molecule has 0 saturated carbocycles. The molecule has 0 radical (unpaired) electrons. The first kappa shape index (κ1) is 13.7. The summed E-state index contributed by atoms with van der Waals surface area (Å²) in [4.78, 5) is 10.5. The van der Waals surface area contributed by atoms with Gasteiger partial charge in [-0.05, 0) is 6.42 Å². The molecule has 1 fully saturated rings. The van der Waals surface area contributed by atoms with Crippen molar-refractivity contribution in [3.05, 3.63) is 11.2 Å². The molecule has 7 heteroatoms. The highest BCUT2D eigenvalue weighted by atomic mass is 35.5. The molecule has 2 rings (SSSR count). The Balaban J connectivity index is 2.20. The second-order valence-electron chi connectivity index (χ2n) is 4.85. The molecule has 0 amide bonds. The average molecular weight is 288 g/mol. The van der Waals surface area contributed by atoms with Crippen LogP contribution in [0.4, 0.5) is 11.8 Å². The van der Waals surface area contributed by atoms with Gasteiger partial charge in [-0.25, -0.2) is 10.8 Å². The minimum atomic E-state index is 0.309. The summed E-state index contributed by atoms with van der Waals surface area (Å²) in [5.41, 5.74) is 2.45. The number of halogens is 1. The molecule has 0 atom stereocenters. The predicted octanol–water partition coefficient (Wildman–Crippen LogP) is 2.14. The van der Waals surface area contributed by atoms with Crippen molar-refractivity contribution >= 4 is 35.1 Å². The standard InChI is InChI=1S/C11H18ClN5S/c1-11(2)3-4-17(5-6-18-11)9-8(12)7-14-10(15-9)16-13/h7H,3-6,13H2,1-2H3,(H,14,15,16). The number of nitrogens with two attached hydrogens (primary N) is 1. The van der Waals surface area contributed by atoms with Crippen LogP contribution in [0.2, 0.25) is 5.02 Å². The summed E-state index contributed by atoms with van der Waals surface area (Å²) in [6.07, 6.45) is 2.69. The number of anilines is 2. The molecule has 1 aliphatic heterocycles. The van der Waals surface area contributed by atoms with E-state index in [2.05, 4.69) is 34.1 Å². The van der Waals surface area contributed by atoms with Crippen LogP contribution in [0.3, 0.4) is 0 Å². The number of hydrogen-bond acceptors (Lipinski definition) is 6. The molecule has 1 aromatic heterocycles. The molecule has 0 spiro atoms. The third-order valence-electron chi connectivity index (χ3n) is 2.99. The number of rotatable bonds is 2. The van der Waals surface area contributed by atoms with Gasteiger partial charge in [0.05, 0.1) is 6.20 Å². The second-order valence-corrected chi connectivity index (χ2v) is 7.06. The lowest BCUT2D eigenvalue weighted by Crippen LogP contribution is -2.28. The van der Waals surface area contributed by atoms with Gasteiger partial charge in [-0.3, -0.25) is 5.43 Å². The van der Waals surface area contributed by atoms with Crippen molar-refractivity contribution in [3.63, 3.8) is 0 Å². The summed E-state index contributed by atoms with van der Waals surface area (Å²) < 4.78 is 0.309. The van der Waals surface area contributed by atoms with Gasteiger partial charge in [0, 0.05) is 23.6 Å². The Morgan fingerprint density at radius 2 is 2.28 bits per heavy atom. The number of hydrogen-bond donors (Lipinski definition) is 2. The van der Waals surface area contributed by atoms with Crippen LogP contribution in [-0.2, 0) is 0 Å². The number of nitrogen functional groups attached to an aromatic ring is 1. The number of thioether (sulfide) groups is 1. The summed E-state index contributed by atoms with van der Waals surface area (Å²) in [7, 11) is 0. The molecule has 2 heterocycles. The Hall–Kier alpha value is -0.720. The van der Waals surface area contributed by atoms with Crippen molar-refractivity contribution in [2.75, 3.05) is 29.2 Å². The molecule has 0 bridgehead atoms. The molecular formula is C11H18ClN5S. The van der Waals surface area contributed by atoms with Crippen LogP contribution in [0, 0.1) is 0 Å². The zero-order valence-electron chi connectivity index (χ0n) is 10.6. The fraction of sp³-hybridized carbons (Fsp3) is 0.636. The van der Waals surface area contributed by atoms with E-state index in [1.54, 1.807) is 6.20 Å². The van der Waals surface area contributed by atoms with Crippen LogP contribution in [-0.4, -0.2) is 33.6 Å². The second kappa shape index (κ2) is 5.50. The smallest absolute Gasteiger partial charge is 0.239 e. The normalized spacial score (nSPS) is 19.4. The van der Waals surface area contributed by atoms with E-state index in [0.29, 0.717) is 15.7 Å². The molecule has 0 aliphatic carbocycles. The maximum absolute atomic E-state index is 6.17. The van der Waals surface area contributed by atoms with Crippen molar-refractivity contribution < 1.29 is 0 Å². The number of nitrogens with zero attached hydrogens (tertiary/aromatic N) is 3. The minimum Gasteiger partial charge on any atom is -0.354 e. The van der Waals surface area contributed by atoms with Crippen molar-refractivity contribution in [3.8, 4) is 0 Å². The van der Waals surface area contributed by atoms with Crippen LogP contribution in [0.15, 0.2) is 6.20 Å². The van der Waals surface area contributed by atoms with Gasteiger partial charge in [-0.1, -0.05) is 25.4 Å². The maximum atomic E-state index is 6.17. The average Bonchev–Trinajstić information content (AvgIpc) is 2.51. The van der Waals surface area contributed by atoms with Gasteiger partial charge < -0.3 is 4.90 Å². The zero-order chi connectivity index (χ0) is 13.2. The van der Waals surface area contributed by atoms with Gasteiger partial charge in [-0.2, -0.15) is 16.7 Å². The Bertz CT molecular complexity index is 426. The molecule has 1 aliphatic rings. The van der Waals surface area contributed by atoms with Gasteiger partial charge in [-0.15, -0.1) is 0 Å². The van der Waals surface area contributed by atoms with E-state index >= 15 is 0 Å². The molecule has 100 valence electrons. The Morgan fingerprint density at radius 1 is 1.50 bits per heavy atom. The van der Waals surface area contributed by atoms with Crippen molar-refractivity contribution in [1.82, 2.24) is 9.97 Å². The molecular weight excluding hydrogens is 270 g/mol. The van der Waals surface area contributed by atoms with E-state index in [1.807, 2.05) is 11.8 Å². The summed E-state index contributed by atoms with van der Waals surface area (Å²) in [6, 6.07) is 0. The molecule has 1 aromatic rings. The van der Waals surface area contributed by atoms with E-state index in [0.717, 1.165) is 31.1 Å². The highest BCUT2D eigenvalue weighted by Gasteiger charge is 2.25. The first-order valence-electron chi connectivity index (χ1n) is 5.90. The van der Waals surface area contributed by atoms with Crippen LogP contribution < -0.4 is 16.2 Å². The molecule has 18 heavy (non-hydrogen) atoms. The third-order valence-corrected chi connectivity index (χ3v) is 4.63. The molecule has 3 N–H and O–H groups in total. The van der Waals surface area contributed by atoms with Crippen molar-refractivity contribution in [2.45, 2.75) is 25.0 Å². The minimum absolute atomic E-state index is 0.309. The fourth-order valence-corrected chi connectivity index (χ4v) is 3.19. The van der Waals surface area contributed by atoms with Crippen LogP contribution in [0.1, 0.15) is 20.3 Å². The summed E-state index contributed by atoms with van der Waals surface area (Å²) in [6.45, 7) is 6.43. The van der Waals surface area contributed by atoms with Gasteiger partial charge in [0.25, 0.3) is 0 Å². The van der Waals surface area contributed by atoms with Crippen molar-refractivity contribution in [2.24, 2.45) is 5.84 Å². The largest absolute Gasteiger partial charge is 0.354 e. The monoisotopic (exact) mass is 287 g/mol. The van der Waals surface area contributed by atoms with Crippen LogP contribution in [0.25, 0.3) is 0 Å². The Labute approximate surface area is 116 Å². The molecule has 5 nitrogen and oxygen atoms in total. The Morgan fingerprint density at radius 3 is 3.00 bits per heavy atom. The number of hydrazine groups is 1. The van der Waals surface area contributed by atoms with E-state index < -0.39 is 0 Å². The van der Waals surface area contributed by atoms with Gasteiger partial charge in [0.15, 0.2) is 5.82 Å². The molecule has 1 saturated heterocycles. The van der Waals surface area contributed by atoms with Gasteiger partial charge in [0.1, 0.15) is 5.02 Å².